The van der Waals surface area contributed by atoms with Gasteiger partial charge in [0, 0.05) is 62.7 Å². The third-order valence-electron chi connectivity index (χ3n) is 9.19. The van der Waals surface area contributed by atoms with Gasteiger partial charge in [0.2, 0.25) is 0 Å². The smallest absolute Gasteiger partial charge is 0.154 e. The number of ether oxygens (including phenoxy) is 1. The van der Waals surface area contributed by atoms with Gasteiger partial charge < -0.3 is 20.3 Å². The Balaban J connectivity index is 1.10. The highest BCUT2D eigenvalue weighted by Crippen LogP contribution is 2.36. The molecule has 0 spiro atoms. The van der Waals surface area contributed by atoms with Crippen molar-refractivity contribution in [1.82, 2.24) is 19.5 Å². The van der Waals surface area contributed by atoms with Gasteiger partial charge in [0.05, 0.1) is 36.5 Å². The number of aromatic nitrogens is 3. The lowest BCUT2D eigenvalue weighted by Gasteiger charge is -2.41. The second-order valence-corrected chi connectivity index (χ2v) is 11.5. The number of imidazole rings is 1. The van der Waals surface area contributed by atoms with Crippen molar-refractivity contribution in [3.63, 3.8) is 0 Å². The Morgan fingerprint density at radius 1 is 0.975 bits per heavy atom. The third kappa shape index (κ3) is 4.86. The van der Waals surface area contributed by atoms with Crippen molar-refractivity contribution in [1.29, 1.82) is 0 Å². The number of hydrogen-bond acceptors (Lipinski definition) is 7. The fourth-order valence-electron chi connectivity index (χ4n) is 7.08. The first-order chi connectivity index (χ1) is 19.6. The number of hydrogen-bond donors (Lipinski definition) is 1. The molecule has 4 aliphatic rings. The van der Waals surface area contributed by atoms with E-state index in [9.17, 15) is 4.39 Å². The second kappa shape index (κ2) is 10.9. The van der Waals surface area contributed by atoms with Crippen LogP contribution in [0.25, 0.3) is 16.9 Å². The largest absolute Gasteiger partial charge is 0.397 e. The number of allylic oxidation sites excluding steroid dienone is 3. The number of piperidine rings is 1. The van der Waals surface area contributed by atoms with Gasteiger partial charge in [-0.05, 0) is 56.0 Å². The normalized spacial score (nSPS) is 24.7. The van der Waals surface area contributed by atoms with Gasteiger partial charge >= 0.3 is 0 Å². The highest BCUT2D eigenvalue weighted by atomic mass is 19.1. The van der Waals surface area contributed by atoms with Crippen LogP contribution in [0.3, 0.4) is 0 Å². The molecule has 2 aromatic heterocycles. The average molecular weight is 544 g/mol. The van der Waals surface area contributed by atoms with Crippen molar-refractivity contribution in [2.45, 2.75) is 44.2 Å². The SMILES string of the molecule is Nc1cc(-c2cnc3ccc(N4CCCC4C4C=CC=C(F)C4)nn23)ccc1N1CCC(N2CCOCC2)CC1. The van der Waals surface area contributed by atoms with Crippen LogP contribution in [0.15, 0.2) is 60.6 Å². The van der Waals surface area contributed by atoms with Gasteiger partial charge in [-0.25, -0.2) is 13.9 Å². The number of morpholine rings is 1. The monoisotopic (exact) mass is 543 g/mol. The summed E-state index contributed by atoms with van der Waals surface area (Å²) >= 11 is 0. The van der Waals surface area contributed by atoms with Gasteiger partial charge in [-0.2, -0.15) is 0 Å². The summed E-state index contributed by atoms with van der Waals surface area (Å²) in [6.45, 7) is 6.74. The molecule has 0 bridgehead atoms. The van der Waals surface area contributed by atoms with Crippen LogP contribution < -0.4 is 15.5 Å². The van der Waals surface area contributed by atoms with Gasteiger partial charge in [-0.15, -0.1) is 5.10 Å². The number of nitrogens with zero attached hydrogens (tertiary/aromatic N) is 6. The number of halogens is 1. The Kier molecular flexibility index (Phi) is 6.93. The predicted molar refractivity (Wildman–Crippen MR) is 157 cm³/mol. The van der Waals surface area contributed by atoms with E-state index in [0.717, 1.165) is 106 Å². The molecule has 0 radical (unpaired) electrons. The molecule has 2 N–H and O–H groups in total. The minimum atomic E-state index is -0.0397. The quantitative estimate of drug-likeness (QED) is 0.469. The Morgan fingerprint density at radius 3 is 2.62 bits per heavy atom. The molecule has 8 nitrogen and oxygen atoms in total. The highest BCUT2D eigenvalue weighted by Gasteiger charge is 2.33. The summed E-state index contributed by atoms with van der Waals surface area (Å²) in [5, 5.41) is 5.04. The fraction of sp³-hybridized carbons (Fsp3) is 0.484. The molecule has 3 aliphatic heterocycles. The van der Waals surface area contributed by atoms with Crippen LogP contribution in [0, 0.1) is 5.92 Å². The van der Waals surface area contributed by atoms with Crippen molar-refractivity contribution in [3.05, 3.63) is 60.6 Å². The van der Waals surface area contributed by atoms with Gasteiger partial charge in [0.15, 0.2) is 5.65 Å². The second-order valence-electron chi connectivity index (χ2n) is 11.5. The number of fused-ring (bicyclic) bond motifs is 1. The molecule has 3 fully saturated rings. The van der Waals surface area contributed by atoms with E-state index < -0.39 is 0 Å². The number of nitrogen functional groups attached to an aromatic ring is 1. The number of rotatable bonds is 5. The number of nitrogens with two attached hydrogens (primary N) is 1. The maximum atomic E-state index is 14.0. The zero-order valence-electron chi connectivity index (χ0n) is 23.0. The third-order valence-corrected chi connectivity index (χ3v) is 9.19. The summed E-state index contributed by atoms with van der Waals surface area (Å²) < 4.78 is 21.5. The summed E-state index contributed by atoms with van der Waals surface area (Å²) in [4.78, 5) is 12.0. The van der Waals surface area contributed by atoms with E-state index in [1.807, 2.05) is 28.9 Å². The summed E-state index contributed by atoms with van der Waals surface area (Å²) in [7, 11) is 0. The lowest BCUT2D eigenvalue weighted by Crippen LogP contribution is -2.49. The van der Waals surface area contributed by atoms with Crippen molar-refractivity contribution in [2.24, 2.45) is 5.92 Å². The molecule has 2 unspecified atom stereocenters. The zero-order chi connectivity index (χ0) is 27.1. The van der Waals surface area contributed by atoms with Crippen LogP contribution in [-0.2, 0) is 4.74 Å². The molecule has 0 amide bonds. The lowest BCUT2D eigenvalue weighted by molar-refractivity contribution is 0.0115. The summed E-state index contributed by atoms with van der Waals surface area (Å²) in [5.41, 5.74) is 11.3. The van der Waals surface area contributed by atoms with E-state index in [-0.39, 0.29) is 17.8 Å². The standard InChI is InChI=1S/C31H38FN7O/c32-24-4-1-3-22(19-24)27-5-2-12-38(27)31-9-8-30-34-21-29(39(30)35-31)23-6-7-28(26(33)20-23)37-13-10-25(11-14-37)36-15-17-40-18-16-36/h1,3-4,6-9,20-22,25,27H,2,5,10-19,33H2. The molecule has 1 aliphatic carbocycles. The topological polar surface area (TPSA) is 75.2 Å². The number of anilines is 3. The van der Waals surface area contributed by atoms with Crippen molar-refractivity contribution in [3.8, 4) is 11.3 Å². The molecule has 210 valence electrons. The van der Waals surface area contributed by atoms with Gasteiger partial charge in [-0.3, -0.25) is 4.90 Å². The van der Waals surface area contributed by atoms with Crippen LogP contribution in [0.4, 0.5) is 21.6 Å². The summed E-state index contributed by atoms with van der Waals surface area (Å²) in [6.07, 6.45) is 12.3. The van der Waals surface area contributed by atoms with E-state index in [0.29, 0.717) is 12.5 Å². The van der Waals surface area contributed by atoms with Crippen molar-refractivity contribution >= 4 is 22.8 Å². The van der Waals surface area contributed by atoms with Crippen LogP contribution in [-0.4, -0.2) is 77.5 Å². The zero-order valence-corrected chi connectivity index (χ0v) is 23.0. The Bertz CT molecular complexity index is 1420. The first-order valence-corrected chi connectivity index (χ1v) is 14.7. The van der Waals surface area contributed by atoms with Crippen LogP contribution in [0.2, 0.25) is 0 Å². The lowest BCUT2D eigenvalue weighted by atomic mass is 9.90. The van der Waals surface area contributed by atoms with E-state index in [1.165, 1.54) is 0 Å². The number of benzene rings is 1. The maximum absolute atomic E-state index is 14.0. The Hall–Kier alpha value is -3.43. The minimum Gasteiger partial charge on any atom is -0.397 e. The molecule has 3 saturated heterocycles. The summed E-state index contributed by atoms with van der Waals surface area (Å²) in [5.74, 6) is 1.03. The average Bonchev–Trinajstić information content (AvgIpc) is 3.65. The maximum Gasteiger partial charge on any atom is 0.154 e. The van der Waals surface area contributed by atoms with E-state index in [2.05, 4.69) is 44.0 Å². The van der Waals surface area contributed by atoms with E-state index in [4.69, 9.17) is 15.6 Å². The van der Waals surface area contributed by atoms with E-state index >= 15 is 0 Å². The molecule has 5 heterocycles. The summed E-state index contributed by atoms with van der Waals surface area (Å²) in [6, 6.07) is 11.3. The molecule has 2 atom stereocenters. The van der Waals surface area contributed by atoms with Gasteiger partial charge in [0.1, 0.15) is 11.6 Å². The highest BCUT2D eigenvalue weighted by molar-refractivity contribution is 5.76. The molecule has 3 aromatic rings. The molecular formula is C31H38FN7O. The molecule has 7 rings (SSSR count). The molecular weight excluding hydrogens is 505 g/mol. The fourth-order valence-corrected chi connectivity index (χ4v) is 7.08. The van der Waals surface area contributed by atoms with Crippen LogP contribution in [0.5, 0.6) is 0 Å². The van der Waals surface area contributed by atoms with Crippen molar-refractivity contribution < 1.29 is 9.13 Å². The Labute approximate surface area is 234 Å². The molecule has 40 heavy (non-hydrogen) atoms. The van der Waals surface area contributed by atoms with Gasteiger partial charge in [-0.1, -0.05) is 18.2 Å². The minimum absolute atomic E-state index is 0.0397. The first-order valence-electron chi connectivity index (χ1n) is 14.7. The molecule has 9 heteroatoms. The van der Waals surface area contributed by atoms with Gasteiger partial charge in [0.25, 0.3) is 0 Å². The van der Waals surface area contributed by atoms with Crippen molar-refractivity contribution in [2.75, 3.05) is 61.5 Å². The first kappa shape index (κ1) is 25.5. The van der Waals surface area contributed by atoms with Crippen LogP contribution in [0.1, 0.15) is 32.1 Å². The molecule has 0 saturated carbocycles. The Morgan fingerprint density at radius 2 is 1.82 bits per heavy atom. The van der Waals surface area contributed by atoms with Crippen LogP contribution >= 0.6 is 0 Å². The van der Waals surface area contributed by atoms with E-state index in [1.54, 1.807) is 6.08 Å². The molecule has 1 aromatic carbocycles. The predicted octanol–water partition coefficient (Wildman–Crippen LogP) is 4.68.